The number of ether oxygens (including phenoxy) is 2. The number of fused-ring (bicyclic) bond motifs is 1. The van der Waals surface area contributed by atoms with Crippen LogP contribution in [0.2, 0.25) is 0 Å². The number of thioether (sulfide) groups is 1. The van der Waals surface area contributed by atoms with E-state index in [4.69, 9.17) is 14.0 Å². The minimum atomic E-state index is -0.657. The van der Waals surface area contributed by atoms with Crippen molar-refractivity contribution in [1.29, 1.82) is 0 Å². The molecule has 198 valence electrons. The van der Waals surface area contributed by atoms with Gasteiger partial charge in [-0.05, 0) is 76.9 Å². The molecule has 0 spiro atoms. The highest BCUT2D eigenvalue weighted by Crippen LogP contribution is 2.44. The van der Waals surface area contributed by atoms with Crippen LogP contribution in [0.15, 0.2) is 38.6 Å². The number of carbonyl (C=O) groups is 2. The van der Waals surface area contributed by atoms with Gasteiger partial charge in [-0.25, -0.2) is 9.59 Å². The van der Waals surface area contributed by atoms with Gasteiger partial charge in [0.15, 0.2) is 0 Å². The molecule has 0 radical (unpaired) electrons. The van der Waals surface area contributed by atoms with Crippen LogP contribution in [0.25, 0.3) is 5.69 Å². The average molecular weight is 547 g/mol. The number of H-pyrrole nitrogens is 1. The molecule has 11 heteroatoms. The molecule has 1 aliphatic rings. The zero-order valence-electron chi connectivity index (χ0n) is 21.8. The van der Waals surface area contributed by atoms with Gasteiger partial charge in [0.05, 0.1) is 25.0 Å². The second-order valence-corrected chi connectivity index (χ2v) is 12.5. The number of amides is 1. The number of nitrogens with one attached hydrogen (secondary N) is 2. The van der Waals surface area contributed by atoms with Crippen LogP contribution < -0.4 is 20.4 Å². The van der Waals surface area contributed by atoms with E-state index in [9.17, 15) is 14.4 Å². The fourth-order valence-corrected chi connectivity index (χ4v) is 6.64. The minimum Gasteiger partial charge on any atom is -0.497 e. The zero-order chi connectivity index (χ0) is 26.9. The molecule has 2 heterocycles. The number of methoxy groups -OCH3 is 2. The Morgan fingerprint density at radius 2 is 1.95 bits per heavy atom. The van der Waals surface area contributed by atoms with Crippen molar-refractivity contribution < 1.29 is 28.3 Å². The summed E-state index contributed by atoms with van der Waals surface area (Å²) < 4.78 is 16.7. The number of hydrogen-bond acceptors (Lipinski definition) is 8. The highest BCUT2D eigenvalue weighted by atomic mass is 32.2. The largest absolute Gasteiger partial charge is 0.497 e. The minimum absolute atomic E-state index is 0.151. The van der Waals surface area contributed by atoms with Crippen molar-refractivity contribution in [3.05, 3.63) is 50.7 Å². The maximum Gasteiger partial charge on any atom is 0.442 e. The van der Waals surface area contributed by atoms with Crippen molar-refractivity contribution in [2.75, 3.05) is 19.5 Å². The molecule has 1 aromatic carbocycles. The van der Waals surface area contributed by atoms with Crippen LogP contribution in [0, 0.1) is 11.3 Å². The first-order chi connectivity index (χ1) is 17.5. The predicted octanol–water partition coefficient (Wildman–Crippen LogP) is 4.37. The Morgan fingerprint density at radius 1 is 1.24 bits per heavy atom. The zero-order valence-corrected chi connectivity index (χ0v) is 23.4. The quantitative estimate of drug-likeness (QED) is 0.257. The van der Waals surface area contributed by atoms with E-state index in [1.165, 1.54) is 23.1 Å². The van der Waals surface area contributed by atoms with Gasteiger partial charge in [0.1, 0.15) is 10.8 Å². The van der Waals surface area contributed by atoms with Crippen molar-refractivity contribution in [3.8, 4) is 11.4 Å². The van der Waals surface area contributed by atoms with Gasteiger partial charge in [-0.3, -0.25) is 9.32 Å². The van der Waals surface area contributed by atoms with Gasteiger partial charge in [-0.1, -0.05) is 20.8 Å². The normalized spacial score (nSPS) is 16.1. The van der Waals surface area contributed by atoms with E-state index in [1.807, 2.05) is 0 Å². The van der Waals surface area contributed by atoms with Gasteiger partial charge in [-0.15, -0.1) is 11.3 Å². The molecule has 0 saturated heterocycles. The van der Waals surface area contributed by atoms with E-state index in [-0.39, 0.29) is 16.3 Å². The molecule has 37 heavy (non-hydrogen) atoms. The van der Waals surface area contributed by atoms with E-state index in [2.05, 4.69) is 31.4 Å². The Hall–Kier alpha value is -3.05. The van der Waals surface area contributed by atoms with Gasteiger partial charge in [0.25, 0.3) is 0 Å². The molecule has 2 aromatic heterocycles. The molecule has 3 aromatic rings. The summed E-state index contributed by atoms with van der Waals surface area (Å²) in [6.45, 7) is 8.39. The predicted molar refractivity (Wildman–Crippen MR) is 142 cm³/mol. The molecule has 0 saturated carbocycles. The topological polar surface area (TPSA) is 115 Å². The fourth-order valence-electron chi connectivity index (χ4n) is 4.43. The van der Waals surface area contributed by atoms with Crippen molar-refractivity contribution >= 4 is 40.0 Å². The second kappa shape index (κ2) is 10.7. The van der Waals surface area contributed by atoms with Crippen LogP contribution in [-0.4, -0.2) is 36.6 Å². The van der Waals surface area contributed by atoms with E-state index in [0.29, 0.717) is 27.9 Å². The maximum atomic E-state index is 13.2. The maximum absolute atomic E-state index is 13.2. The summed E-state index contributed by atoms with van der Waals surface area (Å²) in [5.74, 6) is 0.378. The van der Waals surface area contributed by atoms with Crippen LogP contribution in [-0.2, 0) is 22.4 Å². The van der Waals surface area contributed by atoms with Crippen molar-refractivity contribution in [2.45, 2.75) is 57.2 Å². The molecule has 4 rings (SSSR count). The van der Waals surface area contributed by atoms with E-state index < -0.39 is 16.8 Å². The van der Waals surface area contributed by atoms with Crippen LogP contribution in [0.3, 0.4) is 0 Å². The van der Waals surface area contributed by atoms with Crippen LogP contribution in [0.4, 0.5) is 5.00 Å². The molecule has 2 atom stereocenters. The number of hydrogen-bond donors (Lipinski definition) is 2. The highest BCUT2D eigenvalue weighted by molar-refractivity contribution is 8.00. The molecule has 0 bridgehead atoms. The molecule has 9 nitrogen and oxygen atoms in total. The lowest BCUT2D eigenvalue weighted by atomic mass is 9.72. The summed E-state index contributed by atoms with van der Waals surface area (Å²) in [5.41, 5.74) is 1.62. The van der Waals surface area contributed by atoms with Gasteiger partial charge >= 0.3 is 16.6 Å². The number of nitrogens with zero attached hydrogens (tertiary/aromatic N) is 1. The number of anilines is 1. The SMILES string of the molecule is COC(=O)c1c(NC(=O)C(C)Sc2c(=O)o[nH][n+]2-c2ccc(OC)cc2)sc2c1CCC(C(C)(C)C)C2. The Balaban J connectivity index is 1.56. The highest BCUT2D eigenvalue weighted by Gasteiger charge is 2.35. The third-order valence-corrected chi connectivity index (χ3v) is 9.02. The van der Waals surface area contributed by atoms with E-state index >= 15 is 0 Å². The second-order valence-electron chi connectivity index (χ2n) is 10.1. The lowest BCUT2D eigenvalue weighted by Gasteiger charge is -2.33. The third kappa shape index (κ3) is 5.62. The molecule has 2 unspecified atom stereocenters. The molecule has 2 N–H and O–H groups in total. The summed E-state index contributed by atoms with van der Waals surface area (Å²) in [5, 5.41) is 5.57. The first kappa shape index (κ1) is 27.0. The number of thiophene rings is 1. The van der Waals surface area contributed by atoms with Gasteiger partial charge in [-0.2, -0.15) is 0 Å². The van der Waals surface area contributed by atoms with Gasteiger partial charge in [0, 0.05) is 17.0 Å². The van der Waals surface area contributed by atoms with Gasteiger partial charge in [0.2, 0.25) is 11.6 Å². The van der Waals surface area contributed by atoms with Crippen LogP contribution in [0.1, 0.15) is 54.9 Å². The Labute approximate surface area is 223 Å². The first-order valence-electron chi connectivity index (χ1n) is 12.0. The number of aromatic nitrogens is 2. The fraction of sp³-hybridized carbons (Fsp3) is 0.462. The third-order valence-electron chi connectivity index (χ3n) is 6.71. The standard InChI is InChI=1S/C26H31N3O6S2/c1-14(36-23-25(32)35-28-29(23)16-8-10-17(33-5)11-9-16)21(30)27-22-20(24(31)34-6)18-12-7-15(26(2,3)4)13-19(18)37-22/h8-11,14-15H,7,12-13H2,1-6H3,(H-,27,28,30,31,32)/p+1. The summed E-state index contributed by atoms with van der Waals surface area (Å²) in [4.78, 5) is 39.5. The Kier molecular flexibility index (Phi) is 7.84. The number of benzene rings is 1. The molecule has 0 aliphatic heterocycles. The Morgan fingerprint density at radius 3 is 2.57 bits per heavy atom. The summed E-state index contributed by atoms with van der Waals surface area (Å²) in [7, 11) is 2.92. The summed E-state index contributed by atoms with van der Waals surface area (Å²) in [6, 6.07) is 7.05. The molecular formula is C26H32N3O6S2+. The van der Waals surface area contributed by atoms with Crippen LogP contribution >= 0.6 is 23.1 Å². The number of aromatic amines is 1. The van der Waals surface area contributed by atoms with Crippen molar-refractivity contribution in [1.82, 2.24) is 5.27 Å². The number of esters is 1. The smallest absolute Gasteiger partial charge is 0.442 e. The lowest BCUT2D eigenvalue weighted by Crippen LogP contribution is -2.37. The summed E-state index contributed by atoms with van der Waals surface area (Å²) in [6.07, 6.45) is 2.61. The molecular weight excluding hydrogens is 514 g/mol. The van der Waals surface area contributed by atoms with Crippen molar-refractivity contribution in [2.24, 2.45) is 11.3 Å². The van der Waals surface area contributed by atoms with E-state index in [1.54, 1.807) is 38.3 Å². The molecule has 1 amide bonds. The molecule has 0 fully saturated rings. The Bertz CT molecular complexity index is 1350. The summed E-state index contributed by atoms with van der Waals surface area (Å²) >= 11 is 2.51. The monoisotopic (exact) mass is 546 g/mol. The first-order valence-corrected chi connectivity index (χ1v) is 13.7. The van der Waals surface area contributed by atoms with Crippen LogP contribution in [0.5, 0.6) is 5.75 Å². The van der Waals surface area contributed by atoms with Gasteiger partial charge < -0.3 is 14.8 Å². The lowest BCUT2D eigenvalue weighted by molar-refractivity contribution is -0.704. The van der Waals surface area contributed by atoms with E-state index in [0.717, 1.165) is 41.5 Å². The number of rotatable bonds is 7. The molecule has 1 aliphatic carbocycles. The average Bonchev–Trinajstić information content (AvgIpc) is 3.42. The number of carbonyl (C=O) groups excluding carboxylic acids is 2. The van der Waals surface area contributed by atoms with Crippen molar-refractivity contribution in [3.63, 3.8) is 0 Å².